The van der Waals surface area contributed by atoms with E-state index in [-0.39, 0.29) is 16.6 Å². The molecule has 0 amide bonds. The zero-order valence-corrected chi connectivity index (χ0v) is 11.9. The molecule has 0 aromatic heterocycles. The Kier molecular flexibility index (Phi) is 5.43. The highest BCUT2D eigenvalue weighted by atomic mass is 32.2. The first-order valence-corrected chi connectivity index (χ1v) is 8.15. The molecule has 0 heterocycles. The first kappa shape index (κ1) is 15.3. The standard InChI is InChI=1S/C11H17FN2O2S2/c1-3-17-7-8(2)14-18(15,16)11-5-4-9(13)6-10(11)12/h4-6,8,14H,3,7,13H2,1-2H3. The average Bonchev–Trinajstić information content (AvgIpc) is 2.25. The molecule has 0 aliphatic heterocycles. The number of benzene rings is 1. The van der Waals surface area contributed by atoms with Crippen molar-refractivity contribution in [3.05, 3.63) is 24.0 Å². The van der Waals surface area contributed by atoms with Crippen LogP contribution in [0.5, 0.6) is 0 Å². The van der Waals surface area contributed by atoms with E-state index in [2.05, 4.69) is 4.72 Å². The molecule has 7 heteroatoms. The Hall–Kier alpha value is -0.790. The first-order valence-electron chi connectivity index (χ1n) is 5.52. The van der Waals surface area contributed by atoms with E-state index >= 15 is 0 Å². The molecule has 1 aromatic rings. The number of nitrogens with one attached hydrogen (secondary N) is 1. The minimum atomic E-state index is -3.83. The van der Waals surface area contributed by atoms with Crippen molar-refractivity contribution in [3.8, 4) is 0 Å². The van der Waals surface area contributed by atoms with E-state index < -0.39 is 15.8 Å². The number of nitrogens with two attached hydrogens (primary N) is 1. The SMILES string of the molecule is CCSCC(C)NS(=O)(=O)c1ccc(N)cc1F. The highest BCUT2D eigenvalue weighted by Crippen LogP contribution is 2.17. The van der Waals surface area contributed by atoms with Crippen molar-refractivity contribution in [2.24, 2.45) is 0 Å². The van der Waals surface area contributed by atoms with Gasteiger partial charge in [0.1, 0.15) is 10.7 Å². The molecule has 4 nitrogen and oxygen atoms in total. The van der Waals surface area contributed by atoms with Crippen LogP contribution in [0.25, 0.3) is 0 Å². The van der Waals surface area contributed by atoms with Crippen LogP contribution in [0, 0.1) is 5.82 Å². The summed E-state index contributed by atoms with van der Waals surface area (Å²) in [7, 11) is -3.83. The van der Waals surface area contributed by atoms with Gasteiger partial charge >= 0.3 is 0 Å². The van der Waals surface area contributed by atoms with E-state index in [1.165, 1.54) is 12.1 Å². The van der Waals surface area contributed by atoms with Crippen molar-refractivity contribution in [1.29, 1.82) is 0 Å². The Morgan fingerprint density at radius 2 is 2.17 bits per heavy atom. The van der Waals surface area contributed by atoms with Crippen LogP contribution in [0.15, 0.2) is 23.1 Å². The van der Waals surface area contributed by atoms with Gasteiger partial charge in [-0.2, -0.15) is 11.8 Å². The van der Waals surface area contributed by atoms with Gasteiger partial charge in [0.05, 0.1) is 0 Å². The van der Waals surface area contributed by atoms with Crippen LogP contribution < -0.4 is 10.5 Å². The van der Waals surface area contributed by atoms with Gasteiger partial charge in [-0.25, -0.2) is 17.5 Å². The molecule has 18 heavy (non-hydrogen) atoms. The molecule has 0 spiro atoms. The summed E-state index contributed by atoms with van der Waals surface area (Å²) in [5.41, 5.74) is 5.57. The fourth-order valence-corrected chi connectivity index (χ4v) is 3.47. The molecule has 0 radical (unpaired) electrons. The number of sulfonamides is 1. The predicted molar refractivity (Wildman–Crippen MR) is 73.6 cm³/mol. The third kappa shape index (κ3) is 4.15. The molecule has 0 aliphatic rings. The van der Waals surface area contributed by atoms with Gasteiger partial charge in [-0.1, -0.05) is 6.92 Å². The lowest BCUT2D eigenvalue weighted by molar-refractivity contribution is 0.550. The van der Waals surface area contributed by atoms with Gasteiger partial charge in [0.15, 0.2) is 0 Å². The smallest absolute Gasteiger partial charge is 0.243 e. The fourth-order valence-electron chi connectivity index (χ4n) is 1.39. The molecule has 0 fully saturated rings. The largest absolute Gasteiger partial charge is 0.399 e. The highest BCUT2D eigenvalue weighted by Gasteiger charge is 2.21. The van der Waals surface area contributed by atoms with Gasteiger partial charge in [0.2, 0.25) is 10.0 Å². The summed E-state index contributed by atoms with van der Waals surface area (Å²) in [6.45, 7) is 3.74. The quantitative estimate of drug-likeness (QED) is 0.785. The van der Waals surface area contributed by atoms with E-state index in [0.717, 1.165) is 11.8 Å². The number of nitrogen functional groups attached to an aromatic ring is 1. The van der Waals surface area contributed by atoms with Crippen molar-refractivity contribution in [2.45, 2.75) is 24.8 Å². The Balaban J connectivity index is 2.86. The van der Waals surface area contributed by atoms with Crippen LogP contribution >= 0.6 is 11.8 Å². The summed E-state index contributed by atoms with van der Waals surface area (Å²) >= 11 is 1.62. The Bertz CT molecular complexity index is 506. The molecule has 0 saturated heterocycles. The molecule has 0 aliphatic carbocycles. The number of hydrogen-bond acceptors (Lipinski definition) is 4. The maximum absolute atomic E-state index is 13.5. The maximum Gasteiger partial charge on any atom is 0.243 e. The Morgan fingerprint density at radius 1 is 1.50 bits per heavy atom. The van der Waals surface area contributed by atoms with Gasteiger partial charge in [0.25, 0.3) is 0 Å². The summed E-state index contributed by atoms with van der Waals surface area (Å²) in [6, 6.07) is 3.28. The lowest BCUT2D eigenvalue weighted by Crippen LogP contribution is -2.34. The van der Waals surface area contributed by atoms with Gasteiger partial charge < -0.3 is 5.73 Å². The second-order valence-corrected chi connectivity index (χ2v) is 6.87. The first-order chi connectivity index (χ1) is 8.36. The summed E-state index contributed by atoms with van der Waals surface area (Å²) in [4.78, 5) is -0.370. The fraction of sp³-hybridized carbons (Fsp3) is 0.455. The Labute approximate surface area is 111 Å². The topological polar surface area (TPSA) is 72.2 Å². The van der Waals surface area contributed by atoms with E-state index in [1.807, 2.05) is 6.92 Å². The van der Waals surface area contributed by atoms with Crippen LogP contribution in [0.1, 0.15) is 13.8 Å². The molecule has 1 rings (SSSR count). The second-order valence-electron chi connectivity index (χ2n) is 3.87. The third-order valence-electron chi connectivity index (χ3n) is 2.17. The van der Waals surface area contributed by atoms with E-state index in [9.17, 15) is 12.8 Å². The average molecular weight is 292 g/mol. The zero-order valence-electron chi connectivity index (χ0n) is 10.3. The number of thioether (sulfide) groups is 1. The molecule has 3 N–H and O–H groups in total. The van der Waals surface area contributed by atoms with Crippen LogP contribution in [0.2, 0.25) is 0 Å². The van der Waals surface area contributed by atoms with Crippen molar-refractivity contribution < 1.29 is 12.8 Å². The summed E-state index contributed by atoms with van der Waals surface area (Å²) in [6.07, 6.45) is 0. The summed E-state index contributed by atoms with van der Waals surface area (Å²) < 4.78 is 39.9. The highest BCUT2D eigenvalue weighted by molar-refractivity contribution is 7.99. The number of halogens is 1. The van der Waals surface area contributed by atoms with E-state index in [0.29, 0.717) is 5.75 Å². The zero-order chi connectivity index (χ0) is 13.8. The molecular formula is C11H17FN2O2S2. The van der Waals surface area contributed by atoms with Gasteiger partial charge in [0, 0.05) is 17.5 Å². The third-order valence-corrected chi connectivity index (χ3v) is 4.94. The molecule has 102 valence electrons. The van der Waals surface area contributed by atoms with Gasteiger partial charge in [-0.15, -0.1) is 0 Å². The van der Waals surface area contributed by atoms with E-state index in [4.69, 9.17) is 5.73 Å². The van der Waals surface area contributed by atoms with Crippen LogP contribution in [-0.4, -0.2) is 26.0 Å². The molecule has 1 unspecified atom stereocenters. The number of rotatable bonds is 6. The van der Waals surface area contributed by atoms with E-state index in [1.54, 1.807) is 18.7 Å². The van der Waals surface area contributed by atoms with Gasteiger partial charge in [-0.05, 0) is 30.9 Å². The number of anilines is 1. The molecular weight excluding hydrogens is 275 g/mol. The van der Waals surface area contributed by atoms with Crippen LogP contribution in [0.4, 0.5) is 10.1 Å². The predicted octanol–water partition coefficient (Wildman–Crippen LogP) is 1.83. The minimum absolute atomic E-state index is 0.195. The maximum atomic E-state index is 13.5. The molecule has 1 aromatic carbocycles. The molecule has 0 saturated carbocycles. The lowest BCUT2D eigenvalue weighted by atomic mass is 10.3. The summed E-state index contributed by atoms with van der Waals surface area (Å²) in [5, 5.41) is 0. The summed E-state index contributed by atoms with van der Waals surface area (Å²) in [5.74, 6) is 0.715. The van der Waals surface area contributed by atoms with Gasteiger partial charge in [-0.3, -0.25) is 0 Å². The monoisotopic (exact) mass is 292 g/mol. The normalized spacial score (nSPS) is 13.5. The van der Waals surface area contributed by atoms with Crippen LogP contribution in [0.3, 0.4) is 0 Å². The van der Waals surface area contributed by atoms with Crippen molar-refractivity contribution >= 4 is 27.5 Å². The Morgan fingerprint density at radius 3 is 2.72 bits per heavy atom. The second kappa shape index (κ2) is 6.40. The van der Waals surface area contributed by atoms with Crippen LogP contribution in [-0.2, 0) is 10.0 Å². The number of hydrogen-bond donors (Lipinski definition) is 2. The molecule has 1 atom stereocenters. The lowest BCUT2D eigenvalue weighted by Gasteiger charge is -2.14. The van der Waals surface area contributed by atoms with Crippen molar-refractivity contribution in [3.63, 3.8) is 0 Å². The molecule has 0 bridgehead atoms. The van der Waals surface area contributed by atoms with Crippen molar-refractivity contribution in [2.75, 3.05) is 17.2 Å². The minimum Gasteiger partial charge on any atom is -0.399 e. The van der Waals surface area contributed by atoms with Crippen molar-refractivity contribution in [1.82, 2.24) is 4.72 Å².